The molecule has 0 radical (unpaired) electrons. The Morgan fingerprint density at radius 3 is 1.89 bits per heavy atom. The van der Waals surface area contributed by atoms with Crippen LogP contribution in [0.1, 0.15) is 31.0 Å². The summed E-state index contributed by atoms with van der Waals surface area (Å²) in [6.07, 6.45) is 0. The Balaban J connectivity index is 1.35. The average Bonchev–Trinajstić information content (AvgIpc) is 2.95. The highest BCUT2D eigenvalue weighted by atomic mass is 19.1. The van der Waals surface area contributed by atoms with Crippen molar-refractivity contribution in [3.8, 4) is 11.3 Å². The molecule has 5 rings (SSSR count). The molecule has 0 unspecified atom stereocenters. The number of benzene rings is 3. The van der Waals surface area contributed by atoms with E-state index in [9.17, 15) is 14.0 Å². The van der Waals surface area contributed by atoms with E-state index in [1.54, 1.807) is 32.0 Å². The molecule has 1 fully saturated rings. The largest absolute Gasteiger partial charge is 0.338 e. The second-order valence-electron chi connectivity index (χ2n) is 10.1. The summed E-state index contributed by atoms with van der Waals surface area (Å²) in [5.74, 6) is -0.502. The Hall–Kier alpha value is -4.10. The van der Waals surface area contributed by atoms with Crippen LogP contribution in [0.4, 0.5) is 4.39 Å². The van der Waals surface area contributed by atoms with Gasteiger partial charge >= 0.3 is 0 Å². The Kier molecular flexibility index (Phi) is 7.20. The first-order valence-electron chi connectivity index (χ1n) is 12.8. The summed E-state index contributed by atoms with van der Waals surface area (Å²) < 4.78 is 14.6. The molecule has 0 spiro atoms. The zero-order valence-corrected chi connectivity index (χ0v) is 21.6. The second kappa shape index (κ2) is 10.7. The summed E-state index contributed by atoms with van der Waals surface area (Å²) in [6, 6.07) is 29.8. The third-order valence-electron chi connectivity index (χ3n) is 7.19. The van der Waals surface area contributed by atoms with Gasteiger partial charge in [0.25, 0.3) is 5.56 Å². The van der Waals surface area contributed by atoms with E-state index in [1.807, 2.05) is 17.0 Å². The molecule has 2 heterocycles. The van der Waals surface area contributed by atoms with Crippen LogP contribution >= 0.6 is 0 Å². The number of piperazine rings is 1. The highest BCUT2D eigenvalue weighted by molar-refractivity contribution is 5.83. The Labute approximate surface area is 222 Å². The lowest BCUT2D eigenvalue weighted by molar-refractivity contribution is -0.142. The molecule has 4 aromatic rings. The van der Waals surface area contributed by atoms with Gasteiger partial charge in [0.1, 0.15) is 11.4 Å². The van der Waals surface area contributed by atoms with Crippen LogP contribution in [0.3, 0.4) is 0 Å². The first-order valence-corrected chi connectivity index (χ1v) is 12.8. The van der Waals surface area contributed by atoms with Gasteiger partial charge in [0.15, 0.2) is 0 Å². The summed E-state index contributed by atoms with van der Waals surface area (Å²) in [7, 11) is 0. The van der Waals surface area contributed by atoms with Crippen LogP contribution in [0.15, 0.2) is 102 Å². The predicted octanol–water partition coefficient (Wildman–Crippen LogP) is 4.72. The molecular formula is C31H31FN4O2. The normalized spacial score (nSPS) is 14.6. The molecule has 6 nitrogen and oxygen atoms in total. The van der Waals surface area contributed by atoms with Crippen LogP contribution in [-0.2, 0) is 10.3 Å². The molecule has 38 heavy (non-hydrogen) atoms. The minimum absolute atomic E-state index is 0.0966. The van der Waals surface area contributed by atoms with Crippen LogP contribution in [0.5, 0.6) is 0 Å². The molecule has 1 aromatic heterocycles. The molecule has 1 aliphatic rings. The van der Waals surface area contributed by atoms with E-state index in [0.717, 1.165) is 0 Å². The van der Waals surface area contributed by atoms with E-state index >= 15 is 0 Å². The number of rotatable bonds is 6. The molecule has 7 heteroatoms. The van der Waals surface area contributed by atoms with Crippen molar-refractivity contribution in [2.24, 2.45) is 0 Å². The maximum Gasteiger partial charge on any atom is 0.267 e. The Morgan fingerprint density at radius 2 is 1.34 bits per heavy atom. The maximum atomic E-state index is 13.7. The maximum absolute atomic E-state index is 13.7. The number of carbonyl (C=O) groups is 1. The summed E-state index contributed by atoms with van der Waals surface area (Å²) >= 11 is 0. The summed E-state index contributed by atoms with van der Waals surface area (Å²) in [4.78, 5) is 30.8. The first-order chi connectivity index (χ1) is 18.3. The monoisotopic (exact) mass is 510 g/mol. The van der Waals surface area contributed by atoms with Crippen molar-refractivity contribution in [2.75, 3.05) is 26.2 Å². The number of hydrogen-bond donors (Lipinski definition) is 0. The van der Waals surface area contributed by atoms with Crippen LogP contribution in [0, 0.1) is 5.82 Å². The van der Waals surface area contributed by atoms with Gasteiger partial charge in [-0.2, -0.15) is 5.10 Å². The van der Waals surface area contributed by atoms with Gasteiger partial charge in [-0.1, -0.05) is 60.7 Å². The molecule has 0 N–H and O–H groups in total. The topological polar surface area (TPSA) is 58.4 Å². The number of amides is 1. The fourth-order valence-electron chi connectivity index (χ4n) is 5.13. The molecule has 0 atom stereocenters. The van der Waals surface area contributed by atoms with Crippen molar-refractivity contribution < 1.29 is 9.18 Å². The van der Waals surface area contributed by atoms with Crippen molar-refractivity contribution in [3.63, 3.8) is 0 Å². The molecule has 1 saturated heterocycles. The number of nitrogens with zero attached hydrogens (tertiary/aromatic N) is 4. The lowest BCUT2D eigenvalue weighted by atomic mass is 9.96. The zero-order valence-electron chi connectivity index (χ0n) is 21.6. The Morgan fingerprint density at radius 1 is 0.789 bits per heavy atom. The zero-order chi connectivity index (χ0) is 26.7. The average molecular weight is 511 g/mol. The van der Waals surface area contributed by atoms with E-state index in [-0.39, 0.29) is 23.3 Å². The lowest BCUT2D eigenvalue weighted by Gasteiger charge is -2.42. The van der Waals surface area contributed by atoms with Crippen molar-refractivity contribution in [3.05, 3.63) is 124 Å². The van der Waals surface area contributed by atoms with Crippen LogP contribution in [0.25, 0.3) is 11.3 Å². The first kappa shape index (κ1) is 25.5. The van der Waals surface area contributed by atoms with Gasteiger partial charge in [0.05, 0.1) is 11.7 Å². The van der Waals surface area contributed by atoms with Gasteiger partial charge in [0.2, 0.25) is 5.91 Å². The highest BCUT2D eigenvalue weighted by Crippen LogP contribution is 2.30. The summed E-state index contributed by atoms with van der Waals surface area (Å²) in [5.41, 5.74) is 2.06. The Bertz CT molecular complexity index is 1410. The van der Waals surface area contributed by atoms with E-state index in [0.29, 0.717) is 37.4 Å². The minimum Gasteiger partial charge on any atom is -0.338 e. The van der Waals surface area contributed by atoms with Gasteiger partial charge in [0, 0.05) is 37.8 Å². The standard InChI is InChI=1S/C31H31FN4O2/c1-31(2,36-28(37)18-17-27(33-36)23-13-15-26(32)16-14-23)30(38)35-21-19-34(20-22-35)29(24-9-5-3-6-10-24)25-11-7-4-8-12-25/h3-18,29H,19-22H2,1-2H3. The number of halogens is 1. The van der Waals surface area contributed by atoms with Crippen LogP contribution in [0.2, 0.25) is 0 Å². The lowest BCUT2D eigenvalue weighted by Crippen LogP contribution is -2.57. The molecule has 194 valence electrons. The molecule has 3 aromatic carbocycles. The van der Waals surface area contributed by atoms with Gasteiger partial charge in [-0.3, -0.25) is 14.5 Å². The number of carbonyl (C=O) groups excluding carboxylic acids is 1. The van der Waals surface area contributed by atoms with Gasteiger partial charge in [-0.05, 0) is 55.3 Å². The molecule has 0 aliphatic carbocycles. The van der Waals surface area contributed by atoms with Crippen molar-refractivity contribution in [1.29, 1.82) is 0 Å². The van der Waals surface area contributed by atoms with Crippen molar-refractivity contribution >= 4 is 5.91 Å². The van der Waals surface area contributed by atoms with Crippen LogP contribution in [-0.4, -0.2) is 51.7 Å². The van der Waals surface area contributed by atoms with Crippen molar-refractivity contribution in [1.82, 2.24) is 19.6 Å². The third kappa shape index (κ3) is 5.15. The summed E-state index contributed by atoms with van der Waals surface area (Å²) in [6.45, 7) is 5.95. The fourth-order valence-corrected chi connectivity index (χ4v) is 5.13. The van der Waals surface area contributed by atoms with Gasteiger partial charge < -0.3 is 4.90 Å². The molecule has 1 amide bonds. The summed E-state index contributed by atoms with van der Waals surface area (Å²) in [5, 5.41) is 4.51. The van der Waals surface area contributed by atoms with Gasteiger partial charge in [-0.25, -0.2) is 9.07 Å². The van der Waals surface area contributed by atoms with E-state index < -0.39 is 5.54 Å². The minimum atomic E-state index is -1.19. The molecular weight excluding hydrogens is 479 g/mol. The van der Waals surface area contributed by atoms with Crippen molar-refractivity contribution in [2.45, 2.75) is 25.4 Å². The molecule has 0 bridgehead atoms. The number of hydrogen-bond acceptors (Lipinski definition) is 4. The quantitative estimate of drug-likeness (QED) is 0.377. The predicted molar refractivity (Wildman–Crippen MR) is 146 cm³/mol. The third-order valence-corrected chi connectivity index (χ3v) is 7.19. The smallest absolute Gasteiger partial charge is 0.267 e. The number of aromatic nitrogens is 2. The van der Waals surface area contributed by atoms with E-state index in [4.69, 9.17) is 0 Å². The van der Waals surface area contributed by atoms with Gasteiger partial charge in [-0.15, -0.1) is 0 Å². The fraction of sp³-hybridized carbons (Fsp3) is 0.258. The van der Waals surface area contributed by atoms with E-state index in [2.05, 4.69) is 58.5 Å². The SMILES string of the molecule is CC(C)(C(=O)N1CCN(C(c2ccccc2)c2ccccc2)CC1)n1nc(-c2ccc(F)cc2)ccc1=O. The molecule has 1 aliphatic heterocycles. The second-order valence-corrected chi connectivity index (χ2v) is 10.1. The van der Waals surface area contributed by atoms with E-state index in [1.165, 1.54) is 34.0 Å². The molecule has 0 saturated carbocycles. The highest BCUT2D eigenvalue weighted by Gasteiger charge is 2.38. The van der Waals surface area contributed by atoms with Crippen LogP contribution < -0.4 is 5.56 Å².